The van der Waals surface area contributed by atoms with Gasteiger partial charge in [0.2, 0.25) is 0 Å². The molecule has 2 rings (SSSR count). The average Bonchev–Trinajstić information content (AvgIpc) is 2.34. The minimum atomic E-state index is -0.559. The lowest BCUT2D eigenvalue weighted by atomic mass is 9.93. The molecule has 0 saturated heterocycles. The summed E-state index contributed by atoms with van der Waals surface area (Å²) in [5.74, 6) is -1.09. The molecule has 0 aliphatic rings. The molecule has 0 aliphatic carbocycles. The van der Waals surface area contributed by atoms with Gasteiger partial charge in [0.25, 0.3) is 0 Å². The van der Waals surface area contributed by atoms with E-state index in [1.54, 1.807) is 7.05 Å². The lowest BCUT2D eigenvalue weighted by molar-refractivity contribution is 0.551. The normalized spacial score (nSPS) is 12.5. The zero-order valence-electron chi connectivity index (χ0n) is 11.3. The van der Waals surface area contributed by atoms with E-state index in [1.165, 1.54) is 12.1 Å². The van der Waals surface area contributed by atoms with E-state index in [0.717, 1.165) is 22.8 Å². The van der Waals surface area contributed by atoms with Crippen molar-refractivity contribution in [2.24, 2.45) is 0 Å². The summed E-state index contributed by atoms with van der Waals surface area (Å²) in [6, 6.07) is 9.45. The Balaban J connectivity index is 2.50. The highest BCUT2D eigenvalue weighted by Gasteiger charge is 2.18. The van der Waals surface area contributed by atoms with E-state index in [0.29, 0.717) is 5.56 Å². The maximum Gasteiger partial charge on any atom is 0.131 e. The molecule has 0 radical (unpaired) electrons. The molecule has 0 bridgehead atoms. The van der Waals surface area contributed by atoms with Crippen LogP contribution in [0.25, 0.3) is 0 Å². The number of aryl methyl sites for hydroxylation is 2. The zero-order valence-corrected chi connectivity index (χ0v) is 11.3. The van der Waals surface area contributed by atoms with Gasteiger partial charge in [0.15, 0.2) is 0 Å². The van der Waals surface area contributed by atoms with Gasteiger partial charge in [-0.05, 0) is 38.1 Å². The topological polar surface area (TPSA) is 12.0 Å². The summed E-state index contributed by atoms with van der Waals surface area (Å²) in [5.41, 5.74) is 3.70. The molecule has 2 aromatic carbocycles. The van der Waals surface area contributed by atoms with Crippen LogP contribution in [0, 0.1) is 25.5 Å². The van der Waals surface area contributed by atoms with Crippen molar-refractivity contribution < 1.29 is 8.78 Å². The van der Waals surface area contributed by atoms with Gasteiger partial charge < -0.3 is 5.32 Å². The first-order chi connectivity index (χ1) is 9.02. The molecule has 1 nitrogen and oxygen atoms in total. The Hall–Kier alpha value is -1.74. The maximum absolute atomic E-state index is 13.9. The van der Waals surface area contributed by atoms with Crippen molar-refractivity contribution in [2.75, 3.05) is 7.05 Å². The SMILES string of the molecule is CNC(c1ccc(C)cc1C)c1ccc(F)cc1F. The van der Waals surface area contributed by atoms with Gasteiger partial charge in [-0.3, -0.25) is 0 Å². The third kappa shape index (κ3) is 2.82. The number of nitrogens with one attached hydrogen (secondary N) is 1. The average molecular weight is 261 g/mol. The molecule has 19 heavy (non-hydrogen) atoms. The van der Waals surface area contributed by atoms with Crippen LogP contribution in [0.15, 0.2) is 36.4 Å². The van der Waals surface area contributed by atoms with Crippen molar-refractivity contribution in [3.8, 4) is 0 Å². The van der Waals surface area contributed by atoms with Crippen LogP contribution in [0.5, 0.6) is 0 Å². The summed E-state index contributed by atoms with van der Waals surface area (Å²) in [6.07, 6.45) is 0. The Kier molecular flexibility index (Phi) is 3.96. The molecular formula is C16H17F2N. The molecule has 0 aromatic heterocycles. The molecule has 0 saturated carbocycles. The Morgan fingerprint density at radius 3 is 2.21 bits per heavy atom. The number of rotatable bonds is 3. The van der Waals surface area contributed by atoms with Crippen LogP contribution in [0.3, 0.4) is 0 Å². The Labute approximate surface area is 112 Å². The highest BCUT2D eigenvalue weighted by molar-refractivity contribution is 5.39. The van der Waals surface area contributed by atoms with Crippen LogP contribution in [-0.2, 0) is 0 Å². The van der Waals surface area contributed by atoms with Crippen LogP contribution in [-0.4, -0.2) is 7.05 Å². The van der Waals surface area contributed by atoms with Crippen molar-refractivity contribution >= 4 is 0 Å². The Morgan fingerprint density at radius 2 is 1.63 bits per heavy atom. The van der Waals surface area contributed by atoms with Gasteiger partial charge in [-0.2, -0.15) is 0 Å². The van der Waals surface area contributed by atoms with E-state index in [2.05, 4.69) is 11.4 Å². The third-order valence-corrected chi connectivity index (χ3v) is 3.30. The van der Waals surface area contributed by atoms with E-state index in [4.69, 9.17) is 0 Å². The second kappa shape index (κ2) is 5.49. The summed E-state index contributed by atoms with van der Waals surface area (Å²) < 4.78 is 26.9. The molecule has 0 aliphatic heterocycles. The van der Waals surface area contributed by atoms with E-state index in [9.17, 15) is 8.78 Å². The largest absolute Gasteiger partial charge is 0.309 e. The first-order valence-corrected chi connectivity index (χ1v) is 6.22. The second-order valence-corrected chi connectivity index (χ2v) is 4.75. The van der Waals surface area contributed by atoms with Crippen molar-refractivity contribution in [3.05, 3.63) is 70.3 Å². The first kappa shape index (κ1) is 13.7. The molecule has 1 unspecified atom stereocenters. The highest BCUT2D eigenvalue weighted by Crippen LogP contribution is 2.27. The fourth-order valence-corrected chi connectivity index (χ4v) is 2.36. The van der Waals surface area contributed by atoms with Gasteiger partial charge in [-0.1, -0.05) is 29.8 Å². The quantitative estimate of drug-likeness (QED) is 0.883. The van der Waals surface area contributed by atoms with Crippen LogP contribution in [0.1, 0.15) is 28.3 Å². The molecule has 0 heterocycles. The molecular weight excluding hydrogens is 244 g/mol. The third-order valence-electron chi connectivity index (χ3n) is 3.30. The van der Waals surface area contributed by atoms with Crippen LogP contribution >= 0.6 is 0 Å². The molecule has 0 spiro atoms. The van der Waals surface area contributed by atoms with Gasteiger partial charge in [-0.15, -0.1) is 0 Å². The minimum Gasteiger partial charge on any atom is -0.309 e. The van der Waals surface area contributed by atoms with E-state index in [-0.39, 0.29) is 6.04 Å². The molecule has 100 valence electrons. The summed E-state index contributed by atoms with van der Waals surface area (Å²) >= 11 is 0. The summed E-state index contributed by atoms with van der Waals surface area (Å²) in [6.45, 7) is 4.01. The maximum atomic E-state index is 13.9. The molecule has 2 aromatic rings. The standard InChI is InChI=1S/C16H17F2N/c1-10-4-6-13(11(2)8-10)16(19-3)14-7-5-12(17)9-15(14)18/h4-9,16,19H,1-3H3. The van der Waals surface area contributed by atoms with Crippen molar-refractivity contribution in [1.29, 1.82) is 0 Å². The summed E-state index contributed by atoms with van der Waals surface area (Å²) in [4.78, 5) is 0. The number of hydrogen-bond acceptors (Lipinski definition) is 1. The number of hydrogen-bond donors (Lipinski definition) is 1. The van der Waals surface area contributed by atoms with Gasteiger partial charge in [0, 0.05) is 11.6 Å². The summed E-state index contributed by atoms with van der Waals surface area (Å²) in [5, 5.41) is 3.09. The minimum absolute atomic E-state index is 0.277. The lowest BCUT2D eigenvalue weighted by Gasteiger charge is -2.20. The Morgan fingerprint density at radius 1 is 0.947 bits per heavy atom. The van der Waals surface area contributed by atoms with E-state index in [1.807, 2.05) is 26.0 Å². The van der Waals surface area contributed by atoms with Gasteiger partial charge >= 0.3 is 0 Å². The van der Waals surface area contributed by atoms with Crippen LogP contribution in [0.2, 0.25) is 0 Å². The van der Waals surface area contributed by atoms with Crippen LogP contribution < -0.4 is 5.32 Å². The summed E-state index contributed by atoms with van der Waals surface area (Å²) in [7, 11) is 1.77. The van der Waals surface area contributed by atoms with E-state index >= 15 is 0 Å². The zero-order chi connectivity index (χ0) is 14.0. The van der Waals surface area contributed by atoms with Crippen molar-refractivity contribution in [1.82, 2.24) is 5.32 Å². The molecule has 1 N–H and O–H groups in total. The lowest BCUT2D eigenvalue weighted by Crippen LogP contribution is -2.20. The fourth-order valence-electron chi connectivity index (χ4n) is 2.36. The molecule has 0 amide bonds. The fraction of sp³-hybridized carbons (Fsp3) is 0.250. The van der Waals surface area contributed by atoms with Crippen molar-refractivity contribution in [3.63, 3.8) is 0 Å². The smallest absolute Gasteiger partial charge is 0.131 e. The molecule has 3 heteroatoms. The van der Waals surface area contributed by atoms with Crippen molar-refractivity contribution in [2.45, 2.75) is 19.9 Å². The van der Waals surface area contributed by atoms with Gasteiger partial charge in [-0.25, -0.2) is 8.78 Å². The predicted octanol–water partition coefficient (Wildman–Crippen LogP) is 3.89. The van der Waals surface area contributed by atoms with Crippen LogP contribution in [0.4, 0.5) is 8.78 Å². The molecule has 0 fully saturated rings. The van der Waals surface area contributed by atoms with Gasteiger partial charge in [0.05, 0.1) is 6.04 Å². The van der Waals surface area contributed by atoms with Gasteiger partial charge in [0.1, 0.15) is 11.6 Å². The monoisotopic (exact) mass is 261 g/mol. The number of benzene rings is 2. The Bertz CT molecular complexity index is 542. The van der Waals surface area contributed by atoms with E-state index < -0.39 is 11.6 Å². The molecule has 1 atom stereocenters. The number of halogens is 2. The first-order valence-electron chi connectivity index (χ1n) is 6.22. The highest BCUT2D eigenvalue weighted by atomic mass is 19.1. The predicted molar refractivity (Wildman–Crippen MR) is 73.2 cm³/mol. The second-order valence-electron chi connectivity index (χ2n) is 4.75.